The van der Waals surface area contributed by atoms with Crippen LogP contribution in [-0.2, 0) is 61.9 Å². The van der Waals surface area contributed by atoms with E-state index < -0.39 is 113 Å². The molecule has 5 amide bonds. The van der Waals surface area contributed by atoms with Crippen LogP contribution in [0.2, 0.25) is 0 Å². The van der Waals surface area contributed by atoms with Gasteiger partial charge in [-0.25, -0.2) is 28.8 Å². The Morgan fingerprint density at radius 1 is 0.471 bits per heavy atom. The Morgan fingerprint density at radius 2 is 0.759 bits per heavy atom. The van der Waals surface area contributed by atoms with E-state index in [1.54, 1.807) is 27.9 Å². The van der Waals surface area contributed by atoms with Gasteiger partial charge in [-0.15, -0.1) is 12.4 Å². The Balaban J connectivity index is 0.00000113. The number of likely N-dealkylation sites (tertiary alicyclic amines) is 2. The monoisotopic (exact) mass is 1270 g/mol. The molecule has 0 aromatic rings. The van der Waals surface area contributed by atoms with E-state index in [4.69, 9.17) is 38.6 Å². The lowest BCUT2D eigenvalue weighted by Gasteiger charge is -2.34. The van der Waals surface area contributed by atoms with Crippen LogP contribution < -0.4 is 21.3 Å². The minimum atomic E-state index is -1.04. The Bertz CT molecular complexity index is 2070. The zero-order chi connectivity index (χ0) is 64.8. The van der Waals surface area contributed by atoms with E-state index in [1.807, 2.05) is 62.3 Å². The Hall–Kier alpha value is -5.28. The summed E-state index contributed by atoms with van der Waals surface area (Å²) in [6.45, 7) is 22.9. The van der Waals surface area contributed by atoms with Crippen LogP contribution in [0.1, 0.15) is 187 Å². The minimum absolute atomic E-state index is 0. The molecule has 27 heteroatoms. The molecule has 8 N–H and O–H groups in total. The number of nitrogens with zero attached hydrogens (tertiary/aromatic N) is 2. The molecule has 0 aromatic carbocycles. The number of aliphatic hydroxyl groups excluding tert-OH is 3. The van der Waals surface area contributed by atoms with E-state index in [-0.39, 0.29) is 81.7 Å². The third-order valence-electron chi connectivity index (χ3n) is 15.1. The van der Waals surface area contributed by atoms with Gasteiger partial charge in [-0.2, -0.15) is 0 Å². The van der Waals surface area contributed by atoms with Crippen molar-refractivity contribution in [2.24, 2.45) is 16.2 Å². The van der Waals surface area contributed by atoms with E-state index in [0.29, 0.717) is 13.0 Å². The van der Waals surface area contributed by atoms with Gasteiger partial charge in [0.15, 0.2) is 0 Å². The van der Waals surface area contributed by atoms with Crippen molar-refractivity contribution in [3.8, 4) is 0 Å². The summed E-state index contributed by atoms with van der Waals surface area (Å²) >= 11 is 0. The van der Waals surface area contributed by atoms with Crippen LogP contribution in [0, 0.1) is 16.2 Å². The average Bonchev–Trinajstić information content (AvgIpc) is 2.30. The maximum atomic E-state index is 13.1. The normalized spacial score (nSPS) is 23.2. The summed E-state index contributed by atoms with van der Waals surface area (Å²) in [6, 6.07) is -4.70. The van der Waals surface area contributed by atoms with Crippen molar-refractivity contribution in [2.75, 3.05) is 48.1 Å². The number of amides is 5. The van der Waals surface area contributed by atoms with Crippen LogP contribution in [-0.4, -0.2) is 211 Å². The van der Waals surface area contributed by atoms with Gasteiger partial charge >= 0.3 is 42.2 Å². The van der Waals surface area contributed by atoms with Crippen LogP contribution in [0.25, 0.3) is 0 Å². The summed E-state index contributed by atoms with van der Waals surface area (Å²) in [6.07, 6.45) is 7.95. The summed E-state index contributed by atoms with van der Waals surface area (Å²) < 4.78 is 34.9. The molecule has 506 valence electrons. The molecule has 0 bridgehead atoms. The van der Waals surface area contributed by atoms with Crippen molar-refractivity contribution in [1.82, 2.24) is 31.1 Å². The predicted octanol–water partition coefficient (Wildman–Crippen LogP) is 5.94. The molecule has 0 radical (unpaired) electrons. The van der Waals surface area contributed by atoms with E-state index >= 15 is 0 Å². The van der Waals surface area contributed by atoms with Gasteiger partial charge in [-0.1, -0.05) is 69.7 Å². The number of esters is 3. The number of alkyl carbamates (subject to hydrolysis) is 3. The van der Waals surface area contributed by atoms with Crippen molar-refractivity contribution in [1.29, 1.82) is 0 Å². The number of ether oxygens (including phenoxy) is 7. The second-order valence-corrected chi connectivity index (χ2v) is 26.6. The molecule has 3 saturated heterocycles. The predicted molar refractivity (Wildman–Crippen MR) is 324 cm³/mol. The number of rotatable bonds is 12. The molecule has 3 aliphatic heterocycles. The molecule has 0 spiro atoms. The maximum Gasteiger partial charge on any atom is 0.408 e. The maximum absolute atomic E-state index is 13.1. The number of nitrogens with one attached hydrogen (secondary N) is 4. The fourth-order valence-corrected chi connectivity index (χ4v) is 10.1. The number of methoxy groups -OCH3 is 4. The Labute approximate surface area is 522 Å². The SMILES string of the molecule is C.CC(C)(C)[C@H](NC(=O)OC1CCCC1)C(=O)O.COC(=O)[C@@H]1C[C@H](O)CN1.COC(=O)[C@@H]1C[C@H](O)CN1C(=O)[C@@H](NC(=O)OC1CCCC1)C(C)(C)C.COC(=O)[C@@H]1C[C@H](O)CN1C(=O)[C@@H](NC(=O)OC1CCCC1)C(C)(C)C.COC(C)(C)C.Cl. The molecule has 87 heavy (non-hydrogen) atoms. The molecule has 6 fully saturated rings. The van der Waals surface area contributed by atoms with Gasteiger partial charge in [0.25, 0.3) is 0 Å². The number of hydrogen-bond acceptors (Lipinski definition) is 20. The molecule has 0 aromatic heterocycles. The molecule has 9 atom stereocenters. The van der Waals surface area contributed by atoms with E-state index in [2.05, 4.69) is 26.0 Å². The van der Waals surface area contributed by atoms with E-state index in [0.717, 1.165) is 77.0 Å². The van der Waals surface area contributed by atoms with Crippen molar-refractivity contribution >= 4 is 66.4 Å². The van der Waals surface area contributed by atoms with Crippen LogP contribution in [0.3, 0.4) is 0 Å². The molecule has 3 aliphatic carbocycles. The molecule has 26 nitrogen and oxygen atoms in total. The average molecular weight is 1270 g/mol. The fourth-order valence-electron chi connectivity index (χ4n) is 10.1. The van der Waals surface area contributed by atoms with Crippen LogP contribution in [0.5, 0.6) is 0 Å². The van der Waals surface area contributed by atoms with Crippen molar-refractivity contribution in [3.63, 3.8) is 0 Å². The lowest BCUT2D eigenvalue weighted by Crippen LogP contribution is -2.57. The molecule has 3 saturated carbocycles. The Kier molecular flexibility index (Phi) is 35.4. The van der Waals surface area contributed by atoms with Crippen LogP contribution >= 0.6 is 12.4 Å². The highest BCUT2D eigenvalue weighted by Gasteiger charge is 2.47. The largest absolute Gasteiger partial charge is 0.480 e. The lowest BCUT2D eigenvalue weighted by atomic mass is 9.85. The van der Waals surface area contributed by atoms with Gasteiger partial charge in [0.2, 0.25) is 11.8 Å². The Morgan fingerprint density at radius 3 is 0.989 bits per heavy atom. The zero-order valence-corrected chi connectivity index (χ0v) is 54.6. The number of carboxylic acids is 1. The first-order chi connectivity index (χ1) is 39.4. The van der Waals surface area contributed by atoms with Crippen molar-refractivity contribution in [2.45, 2.75) is 265 Å². The number of aliphatic carboxylic acids is 1. The number of aliphatic hydroxyl groups is 3. The number of hydrogen-bond donors (Lipinski definition) is 8. The number of β-amino-alcohol motifs (C(OH)–C–C–N with tert-alkyl or cyclic N) is 3. The summed E-state index contributed by atoms with van der Waals surface area (Å²) in [7, 11) is 5.54. The van der Waals surface area contributed by atoms with Crippen molar-refractivity contribution in [3.05, 3.63) is 0 Å². The highest BCUT2D eigenvalue weighted by molar-refractivity contribution is 5.92. The highest BCUT2D eigenvalue weighted by Crippen LogP contribution is 2.30. The second kappa shape index (κ2) is 37.7. The van der Waals surface area contributed by atoms with Crippen LogP contribution in [0.4, 0.5) is 14.4 Å². The van der Waals surface area contributed by atoms with E-state index in [1.165, 1.54) is 31.1 Å². The number of carbonyl (C=O) groups is 9. The van der Waals surface area contributed by atoms with Gasteiger partial charge in [-0.05, 0) is 114 Å². The number of halogens is 1. The van der Waals surface area contributed by atoms with Gasteiger partial charge in [-0.3, -0.25) is 14.4 Å². The van der Waals surface area contributed by atoms with E-state index in [9.17, 15) is 53.4 Å². The first-order valence-corrected chi connectivity index (χ1v) is 29.7. The second-order valence-electron chi connectivity index (χ2n) is 26.6. The molecule has 6 rings (SSSR count). The third kappa shape index (κ3) is 28.8. The zero-order valence-electron chi connectivity index (χ0n) is 53.8. The topological polar surface area (TPSA) is 354 Å². The molecular weight excluding hydrogens is 1160 g/mol. The smallest absolute Gasteiger partial charge is 0.408 e. The van der Waals surface area contributed by atoms with Gasteiger partial charge in [0.1, 0.15) is 54.6 Å². The molecular formula is C60H109ClN6O20. The summed E-state index contributed by atoms with van der Waals surface area (Å²) in [5, 5.41) is 48.4. The summed E-state index contributed by atoms with van der Waals surface area (Å²) in [5.74, 6) is -3.33. The third-order valence-corrected chi connectivity index (χ3v) is 15.1. The first kappa shape index (κ1) is 81.7. The van der Waals surface area contributed by atoms with Gasteiger partial charge < -0.3 is 84.7 Å². The molecule has 3 heterocycles. The molecule has 6 aliphatic rings. The highest BCUT2D eigenvalue weighted by atomic mass is 35.5. The van der Waals surface area contributed by atoms with Crippen molar-refractivity contribution < 1.29 is 96.7 Å². The standard InChI is InChI=1S/2C18H30N2O6.C12H21NO4.C6H11NO3.C5H12O.CH4.ClH/c2*1-18(2,3)14(19-17(24)26-12-7-5-6-8-12)15(22)20-10-11(21)9-13(20)16(23)25-4;1-12(2,3)9(10(14)15)13-11(16)17-8-6-4-5-7-8;1-10-6(9)5-2-4(8)3-7-5;1-5(2,3)6-4;;/h2*11-14,21H,5-10H2,1-4H3,(H,19,24);8-9H,4-7H2,1-3H3,(H,13,16)(H,14,15);4-5,7-8H,2-3H2,1H3;1-4H3;1H4;1H/t2*11-,13-,14+;9-;4-,5-;;;/m0010.../s1. The number of carboxylic acid groups (broad SMARTS) is 1. The number of carbonyl (C=O) groups excluding carboxylic acids is 8. The summed E-state index contributed by atoms with van der Waals surface area (Å²) in [5.41, 5.74) is -1.69. The molecule has 0 unspecified atom stereocenters. The van der Waals surface area contributed by atoms with Crippen LogP contribution in [0.15, 0.2) is 0 Å². The van der Waals surface area contributed by atoms with Gasteiger partial charge in [0, 0.05) is 46.0 Å². The fraction of sp³-hybridized carbons (Fsp3) is 0.850. The van der Waals surface area contributed by atoms with Gasteiger partial charge in [0.05, 0.1) is 45.2 Å². The lowest BCUT2D eigenvalue weighted by molar-refractivity contribution is -0.152. The summed E-state index contributed by atoms with van der Waals surface area (Å²) in [4.78, 5) is 111. The quantitative estimate of drug-likeness (QED) is 0.0828. The minimum Gasteiger partial charge on any atom is -0.480 e. The first-order valence-electron chi connectivity index (χ1n) is 29.7.